The molecule has 1 aliphatic rings. The van der Waals surface area contributed by atoms with Gasteiger partial charge in [-0.05, 0) is 42.7 Å². The van der Waals surface area contributed by atoms with Crippen LogP contribution in [0, 0.1) is 5.92 Å². The summed E-state index contributed by atoms with van der Waals surface area (Å²) in [7, 11) is 0. The van der Waals surface area contributed by atoms with Crippen LogP contribution in [0.4, 0.5) is 18.9 Å². The molecule has 1 aromatic carbocycles. The van der Waals surface area contributed by atoms with Crippen LogP contribution in [0.25, 0.3) is 6.08 Å². The Morgan fingerprint density at radius 1 is 1.28 bits per heavy atom. The van der Waals surface area contributed by atoms with Crippen LogP contribution in [0.5, 0.6) is 5.75 Å². The number of hydrogen-bond donors (Lipinski definition) is 1. The van der Waals surface area contributed by atoms with Crippen molar-refractivity contribution in [1.29, 1.82) is 0 Å². The van der Waals surface area contributed by atoms with Gasteiger partial charge in [0.2, 0.25) is 5.91 Å². The minimum atomic E-state index is -4.83. The van der Waals surface area contributed by atoms with Crippen LogP contribution in [0.2, 0.25) is 0 Å². The zero-order valence-corrected chi connectivity index (χ0v) is 13.3. The molecule has 3 rings (SSSR count). The number of carbonyl (C=O) groups excluding carboxylic acids is 1. The molecule has 25 heavy (non-hydrogen) atoms. The average molecular weight is 351 g/mol. The van der Waals surface area contributed by atoms with Crippen molar-refractivity contribution in [3.8, 4) is 5.75 Å². The van der Waals surface area contributed by atoms with Crippen molar-refractivity contribution in [2.45, 2.75) is 25.6 Å². The van der Waals surface area contributed by atoms with E-state index in [2.05, 4.69) is 17.0 Å². The lowest BCUT2D eigenvalue weighted by atomic mass is 10.2. The molecule has 1 saturated carbocycles. The highest BCUT2D eigenvalue weighted by atomic mass is 19.4. The van der Waals surface area contributed by atoms with Crippen LogP contribution >= 0.6 is 0 Å². The van der Waals surface area contributed by atoms with E-state index in [0.717, 1.165) is 18.2 Å². The quantitative estimate of drug-likeness (QED) is 0.775. The van der Waals surface area contributed by atoms with Crippen molar-refractivity contribution in [3.05, 3.63) is 54.0 Å². The topological polar surface area (TPSA) is 51.5 Å². The molecule has 0 aliphatic heterocycles. The lowest BCUT2D eigenvalue weighted by molar-refractivity contribution is -0.274. The van der Waals surface area contributed by atoms with Gasteiger partial charge in [0, 0.05) is 12.0 Å². The van der Waals surface area contributed by atoms with E-state index in [0.29, 0.717) is 17.6 Å². The molecular formula is C18H16F3NO3. The predicted molar refractivity (Wildman–Crippen MR) is 86.0 cm³/mol. The van der Waals surface area contributed by atoms with E-state index in [1.165, 1.54) is 30.4 Å². The molecule has 1 aromatic heterocycles. The van der Waals surface area contributed by atoms with Gasteiger partial charge in [-0.15, -0.1) is 13.2 Å². The molecule has 4 nitrogen and oxygen atoms in total. The molecule has 7 heteroatoms. The van der Waals surface area contributed by atoms with Gasteiger partial charge in [-0.25, -0.2) is 0 Å². The Hall–Kier alpha value is -2.70. The van der Waals surface area contributed by atoms with Gasteiger partial charge in [0.15, 0.2) is 5.75 Å². The molecule has 1 fully saturated rings. The number of hydrogen-bond acceptors (Lipinski definition) is 3. The zero-order chi connectivity index (χ0) is 18.0. The Morgan fingerprint density at radius 3 is 2.68 bits per heavy atom. The maximum Gasteiger partial charge on any atom is 0.573 e. The van der Waals surface area contributed by atoms with Gasteiger partial charge < -0.3 is 14.5 Å². The number of nitrogens with one attached hydrogen (secondary N) is 1. The summed E-state index contributed by atoms with van der Waals surface area (Å²) in [5, 5.41) is 2.36. The third kappa shape index (κ3) is 4.65. The number of rotatable bonds is 5. The van der Waals surface area contributed by atoms with E-state index < -0.39 is 18.0 Å². The highest BCUT2D eigenvalue weighted by Crippen LogP contribution is 2.47. The average Bonchev–Trinajstić information content (AvgIpc) is 3.07. The van der Waals surface area contributed by atoms with Gasteiger partial charge in [0.1, 0.15) is 11.5 Å². The first-order valence-corrected chi connectivity index (χ1v) is 7.75. The van der Waals surface area contributed by atoms with Crippen molar-refractivity contribution >= 4 is 17.7 Å². The van der Waals surface area contributed by atoms with Crippen LogP contribution in [0.15, 0.2) is 46.9 Å². The summed E-state index contributed by atoms with van der Waals surface area (Å²) in [5.74, 6) is 1.38. The number of amides is 1. The van der Waals surface area contributed by atoms with E-state index >= 15 is 0 Å². The van der Waals surface area contributed by atoms with E-state index in [9.17, 15) is 18.0 Å². The molecule has 1 aliphatic carbocycles. The second-order valence-corrected chi connectivity index (χ2v) is 5.93. The van der Waals surface area contributed by atoms with Crippen molar-refractivity contribution in [3.63, 3.8) is 0 Å². The fraction of sp³-hybridized carbons (Fsp3) is 0.278. The number of benzene rings is 1. The van der Waals surface area contributed by atoms with Crippen LogP contribution in [0.3, 0.4) is 0 Å². The smallest absolute Gasteiger partial charge is 0.461 e. The fourth-order valence-corrected chi connectivity index (χ4v) is 2.49. The number of carbonyl (C=O) groups is 1. The Morgan fingerprint density at radius 2 is 2.00 bits per heavy atom. The first kappa shape index (κ1) is 17.1. The molecule has 0 spiro atoms. The molecule has 2 aromatic rings. The largest absolute Gasteiger partial charge is 0.573 e. The molecule has 132 valence electrons. The Bertz CT molecular complexity index is 795. The van der Waals surface area contributed by atoms with Crippen LogP contribution in [-0.2, 0) is 4.79 Å². The molecule has 1 N–H and O–H groups in total. The van der Waals surface area contributed by atoms with Gasteiger partial charge in [-0.2, -0.15) is 0 Å². The number of halogens is 3. The summed E-state index contributed by atoms with van der Waals surface area (Å²) in [6, 6.07) is 8.96. The number of furan rings is 1. The summed E-state index contributed by atoms with van der Waals surface area (Å²) in [6.45, 7) is 2.14. The van der Waals surface area contributed by atoms with Crippen LogP contribution in [-0.4, -0.2) is 12.3 Å². The summed E-state index contributed by atoms with van der Waals surface area (Å²) in [5.41, 5.74) is -0.0681. The first-order valence-electron chi connectivity index (χ1n) is 7.75. The third-order valence-electron chi connectivity index (χ3n) is 3.89. The number of para-hydroxylation sites is 2. The maximum atomic E-state index is 12.4. The standard InChI is InChI=1S/C18H16F3NO3/c1-11-10-13(11)15-8-6-12(24-15)7-9-17(23)22-14-4-2-3-5-16(14)25-18(19,20)21/h2-9,11,13H,10H2,1H3,(H,22,23)/b9-7+. The zero-order valence-electron chi connectivity index (χ0n) is 13.3. The van der Waals surface area contributed by atoms with Gasteiger partial charge in [-0.3, -0.25) is 4.79 Å². The Balaban J connectivity index is 1.63. The van der Waals surface area contributed by atoms with E-state index in [1.54, 1.807) is 6.07 Å². The van der Waals surface area contributed by atoms with Gasteiger partial charge in [0.25, 0.3) is 0 Å². The monoisotopic (exact) mass is 351 g/mol. The highest BCUT2D eigenvalue weighted by molar-refractivity contribution is 6.02. The Labute approximate surface area is 142 Å². The second-order valence-electron chi connectivity index (χ2n) is 5.93. The number of anilines is 1. The second kappa shape index (κ2) is 6.66. The van der Waals surface area contributed by atoms with Crippen molar-refractivity contribution < 1.29 is 27.1 Å². The maximum absolute atomic E-state index is 12.4. The molecule has 0 radical (unpaired) electrons. The van der Waals surface area contributed by atoms with E-state index in [1.807, 2.05) is 6.07 Å². The first-order chi connectivity index (χ1) is 11.8. The number of ether oxygens (including phenoxy) is 1. The minimum Gasteiger partial charge on any atom is -0.461 e. The Kier molecular flexibility index (Phi) is 4.57. The molecule has 2 atom stereocenters. The van der Waals surface area contributed by atoms with Crippen molar-refractivity contribution in [1.82, 2.24) is 0 Å². The third-order valence-corrected chi connectivity index (χ3v) is 3.89. The summed E-state index contributed by atoms with van der Waals surface area (Å²) >= 11 is 0. The highest BCUT2D eigenvalue weighted by Gasteiger charge is 2.36. The van der Waals surface area contributed by atoms with E-state index in [-0.39, 0.29) is 5.69 Å². The van der Waals surface area contributed by atoms with E-state index in [4.69, 9.17) is 4.42 Å². The summed E-state index contributed by atoms with van der Waals surface area (Å²) in [4.78, 5) is 11.9. The summed E-state index contributed by atoms with van der Waals surface area (Å²) in [6.07, 6.45) is -1.07. The lowest BCUT2D eigenvalue weighted by Gasteiger charge is -2.12. The normalized spacial score (nSPS) is 19.8. The van der Waals surface area contributed by atoms with Crippen LogP contribution in [0.1, 0.15) is 30.8 Å². The lowest BCUT2D eigenvalue weighted by Crippen LogP contribution is -2.19. The number of alkyl halides is 3. The predicted octanol–water partition coefficient (Wildman–Crippen LogP) is 4.95. The van der Waals surface area contributed by atoms with Gasteiger partial charge >= 0.3 is 6.36 Å². The molecular weight excluding hydrogens is 335 g/mol. The molecule has 0 bridgehead atoms. The molecule has 0 saturated heterocycles. The van der Waals surface area contributed by atoms with Crippen molar-refractivity contribution in [2.75, 3.05) is 5.32 Å². The van der Waals surface area contributed by atoms with Crippen molar-refractivity contribution in [2.24, 2.45) is 5.92 Å². The summed E-state index contributed by atoms with van der Waals surface area (Å²) < 4.78 is 46.6. The molecule has 2 unspecified atom stereocenters. The molecule has 1 heterocycles. The SMILES string of the molecule is CC1CC1c1ccc(/C=C/C(=O)Nc2ccccc2OC(F)(F)F)o1. The van der Waals surface area contributed by atoms with Gasteiger partial charge in [-0.1, -0.05) is 19.1 Å². The fourth-order valence-electron chi connectivity index (χ4n) is 2.49. The molecule has 1 amide bonds. The minimum absolute atomic E-state index is 0.0681. The van der Waals surface area contributed by atoms with Gasteiger partial charge in [0.05, 0.1) is 5.69 Å². The van der Waals surface area contributed by atoms with Crippen LogP contribution < -0.4 is 10.1 Å².